The molecule has 1 aromatic carbocycles. The van der Waals surface area contributed by atoms with Crippen LogP contribution in [0.5, 0.6) is 0 Å². The largest absolute Gasteiger partial charge is 0.348 e. The number of hydrogen-bond acceptors (Lipinski definition) is 4. The number of likely N-dealkylation sites (N-methyl/N-ethyl adjacent to an activating group) is 2. The van der Waals surface area contributed by atoms with Gasteiger partial charge in [0.15, 0.2) is 5.69 Å². The average molecular weight is 350 g/mol. The van der Waals surface area contributed by atoms with Crippen LogP contribution in [-0.4, -0.2) is 71.2 Å². The first-order valence-electron chi connectivity index (χ1n) is 8.26. The number of nitrogens with one attached hydrogen (secondary N) is 2. The minimum Gasteiger partial charge on any atom is -0.348 e. The van der Waals surface area contributed by atoms with E-state index in [1.807, 2.05) is 24.3 Å². The zero-order valence-electron chi connectivity index (χ0n) is 14.0. The van der Waals surface area contributed by atoms with Gasteiger partial charge in [-0.3, -0.25) is 14.8 Å². The fraction of sp³-hybridized carbons (Fsp3) is 0.529. The molecule has 2 saturated heterocycles. The van der Waals surface area contributed by atoms with Crippen LogP contribution in [0.3, 0.4) is 0 Å². The van der Waals surface area contributed by atoms with Gasteiger partial charge >= 0.3 is 0 Å². The van der Waals surface area contributed by atoms with Crippen molar-refractivity contribution >= 4 is 29.2 Å². The number of benzene rings is 1. The Balaban J connectivity index is 0.00000169. The summed E-state index contributed by atoms with van der Waals surface area (Å²) in [5.74, 6) is -0.0663. The predicted octanol–water partition coefficient (Wildman–Crippen LogP) is 1.49. The summed E-state index contributed by atoms with van der Waals surface area (Å²) in [5.41, 5.74) is 1.40. The fourth-order valence-corrected chi connectivity index (χ4v) is 4.09. The van der Waals surface area contributed by atoms with E-state index in [-0.39, 0.29) is 24.4 Å². The molecule has 7 heteroatoms. The van der Waals surface area contributed by atoms with E-state index in [0.717, 1.165) is 36.8 Å². The van der Waals surface area contributed by atoms with E-state index in [1.54, 1.807) is 0 Å². The number of para-hydroxylation sites is 1. The maximum absolute atomic E-state index is 12.6. The van der Waals surface area contributed by atoms with E-state index >= 15 is 0 Å². The minimum atomic E-state index is -0.0663. The number of H-pyrrole nitrogens is 1. The molecule has 2 bridgehead atoms. The lowest BCUT2D eigenvalue weighted by Crippen LogP contribution is -2.63. The van der Waals surface area contributed by atoms with Crippen LogP contribution in [0.15, 0.2) is 24.3 Å². The van der Waals surface area contributed by atoms with Gasteiger partial charge in [-0.25, -0.2) is 0 Å². The Bertz CT molecular complexity index is 717. The van der Waals surface area contributed by atoms with Crippen LogP contribution in [0.4, 0.5) is 0 Å². The minimum absolute atomic E-state index is 0. The Morgan fingerprint density at radius 1 is 1.21 bits per heavy atom. The molecule has 4 rings (SSSR count). The molecule has 3 heterocycles. The van der Waals surface area contributed by atoms with Gasteiger partial charge in [0.1, 0.15) is 0 Å². The van der Waals surface area contributed by atoms with E-state index in [2.05, 4.69) is 39.4 Å². The molecular formula is C17H24ClN5O. The van der Waals surface area contributed by atoms with E-state index < -0.39 is 0 Å². The Hall–Kier alpha value is -1.63. The number of carbonyl (C=O) groups is 1. The van der Waals surface area contributed by atoms with Crippen molar-refractivity contribution in [1.29, 1.82) is 0 Å². The number of hydrogen-bond donors (Lipinski definition) is 2. The van der Waals surface area contributed by atoms with Crippen LogP contribution >= 0.6 is 12.4 Å². The highest BCUT2D eigenvalue weighted by molar-refractivity contribution is 6.04. The highest BCUT2D eigenvalue weighted by Crippen LogP contribution is 2.27. The molecule has 130 valence electrons. The summed E-state index contributed by atoms with van der Waals surface area (Å²) in [6.45, 7) is 2.15. The summed E-state index contributed by atoms with van der Waals surface area (Å²) < 4.78 is 0. The summed E-state index contributed by atoms with van der Waals surface area (Å²) in [6, 6.07) is 9.03. The number of carbonyl (C=O) groups excluding carboxylic acids is 1. The van der Waals surface area contributed by atoms with Gasteiger partial charge in [-0.1, -0.05) is 18.2 Å². The third-order valence-electron chi connectivity index (χ3n) is 5.33. The van der Waals surface area contributed by atoms with Crippen molar-refractivity contribution in [1.82, 2.24) is 25.3 Å². The van der Waals surface area contributed by atoms with Gasteiger partial charge in [0.25, 0.3) is 5.91 Å². The third kappa shape index (κ3) is 3.01. The normalized spacial score (nSPS) is 27.7. The topological polar surface area (TPSA) is 64.3 Å². The van der Waals surface area contributed by atoms with Crippen molar-refractivity contribution < 1.29 is 4.79 Å². The lowest BCUT2D eigenvalue weighted by Gasteiger charge is -2.50. The van der Waals surface area contributed by atoms with Crippen LogP contribution in [0.2, 0.25) is 0 Å². The summed E-state index contributed by atoms with van der Waals surface area (Å²) >= 11 is 0. The SMILES string of the molecule is CN1C[C@@H]2CC(NC(=O)c3n[nH]c4ccccc34)C[C@@H](C1)N2C.Cl. The molecule has 0 unspecified atom stereocenters. The molecule has 24 heavy (non-hydrogen) atoms. The Kier molecular flexibility index (Phi) is 4.80. The maximum Gasteiger partial charge on any atom is 0.272 e. The first-order chi connectivity index (χ1) is 11.1. The molecule has 2 N–H and O–H groups in total. The number of aromatic amines is 1. The molecule has 0 aliphatic carbocycles. The molecule has 0 radical (unpaired) electrons. The number of fused-ring (bicyclic) bond motifs is 3. The van der Waals surface area contributed by atoms with E-state index in [1.165, 1.54) is 0 Å². The van der Waals surface area contributed by atoms with Gasteiger partial charge in [0.05, 0.1) is 5.52 Å². The molecule has 0 saturated carbocycles. The van der Waals surface area contributed by atoms with E-state index in [9.17, 15) is 4.79 Å². The van der Waals surface area contributed by atoms with Gasteiger partial charge < -0.3 is 10.2 Å². The van der Waals surface area contributed by atoms with Gasteiger partial charge in [0, 0.05) is 36.6 Å². The molecule has 6 nitrogen and oxygen atoms in total. The summed E-state index contributed by atoms with van der Waals surface area (Å²) in [7, 11) is 4.39. The number of nitrogens with zero attached hydrogens (tertiary/aromatic N) is 3. The summed E-state index contributed by atoms with van der Waals surface area (Å²) in [5, 5.41) is 11.2. The molecule has 0 spiro atoms. The van der Waals surface area contributed by atoms with Crippen molar-refractivity contribution in [2.24, 2.45) is 0 Å². The number of amides is 1. The molecule has 1 aromatic heterocycles. The number of piperazine rings is 1. The summed E-state index contributed by atoms with van der Waals surface area (Å²) in [6.07, 6.45) is 2.01. The number of rotatable bonds is 2. The zero-order chi connectivity index (χ0) is 16.0. The van der Waals surface area contributed by atoms with Crippen molar-refractivity contribution in [3.05, 3.63) is 30.0 Å². The predicted molar refractivity (Wildman–Crippen MR) is 96.7 cm³/mol. The van der Waals surface area contributed by atoms with Crippen molar-refractivity contribution in [2.75, 3.05) is 27.2 Å². The number of piperidine rings is 1. The molecule has 2 aromatic rings. The lowest BCUT2D eigenvalue weighted by molar-refractivity contribution is 0.00838. The molecule has 2 atom stereocenters. The van der Waals surface area contributed by atoms with Crippen LogP contribution in [0.25, 0.3) is 10.9 Å². The summed E-state index contributed by atoms with van der Waals surface area (Å²) in [4.78, 5) is 17.5. The Morgan fingerprint density at radius 2 is 1.88 bits per heavy atom. The highest BCUT2D eigenvalue weighted by Gasteiger charge is 2.38. The zero-order valence-corrected chi connectivity index (χ0v) is 14.8. The number of likely N-dealkylation sites (tertiary alicyclic amines) is 1. The third-order valence-corrected chi connectivity index (χ3v) is 5.33. The lowest BCUT2D eigenvalue weighted by atomic mass is 9.88. The van der Waals surface area contributed by atoms with Gasteiger partial charge in [-0.15, -0.1) is 12.4 Å². The second kappa shape index (κ2) is 6.70. The molecular weight excluding hydrogens is 326 g/mol. The molecule has 2 aliphatic heterocycles. The van der Waals surface area contributed by atoms with Crippen molar-refractivity contribution in [3.63, 3.8) is 0 Å². The Labute approximate surface area is 148 Å². The molecule has 2 fully saturated rings. The van der Waals surface area contributed by atoms with Crippen molar-refractivity contribution in [2.45, 2.75) is 31.0 Å². The van der Waals surface area contributed by atoms with Gasteiger partial charge in [-0.2, -0.15) is 5.10 Å². The van der Waals surface area contributed by atoms with Crippen LogP contribution in [-0.2, 0) is 0 Å². The maximum atomic E-state index is 12.6. The van der Waals surface area contributed by atoms with Crippen molar-refractivity contribution in [3.8, 4) is 0 Å². The Morgan fingerprint density at radius 3 is 2.58 bits per heavy atom. The number of aromatic nitrogens is 2. The van der Waals surface area contributed by atoms with Crippen LogP contribution in [0, 0.1) is 0 Å². The standard InChI is InChI=1S/C17H23N5O.ClH/c1-21-9-12-7-11(8-13(10-21)22(12)2)18-17(23)16-14-5-3-4-6-15(14)19-20-16;/h3-6,11-13H,7-10H2,1-2H3,(H,18,23)(H,19,20);1H/t12-,13-;/m0./s1. The van der Waals surface area contributed by atoms with E-state index in [0.29, 0.717) is 17.8 Å². The smallest absolute Gasteiger partial charge is 0.272 e. The second-order valence-corrected chi connectivity index (χ2v) is 6.95. The fourth-order valence-electron chi connectivity index (χ4n) is 4.09. The monoisotopic (exact) mass is 349 g/mol. The number of halogens is 1. The molecule has 2 aliphatic rings. The first kappa shape index (κ1) is 17.2. The second-order valence-electron chi connectivity index (χ2n) is 6.95. The first-order valence-corrected chi connectivity index (χ1v) is 8.26. The van der Waals surface area contributed by atoms with Gasteiger partial charge in [-0.05, 0) is 33.0 Å². The molecule has 1 amide bonds. The van der Waals surface area contributed by atoms with E-state index in [4.69, 9.17) is 0 Å². The van der Waals surface area contributed by atoms with Crippen LogP contribution in [0.1, 0.15) is 23.3 Å². The average Bonchev–Trinajstić information content (AvgIpc) is 2.93. The quantitative estimate of drug-likeness (QED) is 0.862. The van der Waals surface area contributed by atoms with Gasteiger partial charge in [0.2, 0.25) is 0 Å². The van der Waals surface area contributed by atoms with Crippen LogP contribution < -0.4 is 5.32 Å². The highest BCUT2D eigenvalue weighted by atomic mass is 35.5.